The van der Waals surface area contributed by atoms with Crippen LogP contribution in [0.5, 0.6) is 0 Å². The highest BCUT2D eigenvalue weighted by Crippen LogP contribution is 2.28. The number of piperidine rings is 1. The fraction of sp³-hybridized carbons (Fsp3) is 0.714. The number of nitro groups is 1. The van der Waals surface area contributed by atoms with Crippen molar-refractivity contribution in [2.75, 3.05) is 18.4 Å². The molecule has 2 atom stereocenters. The number of aryl methyl sites for hydroxylation is 2. The SMILES string of the molecule is CCC(Nc1c([N+](=O)[O-])c(C)nn1C)C(=O)N[C@H]1CCCNC1. The zero-order valence-electron chi connectivity index (χ0n) is 13.8. The molecule has 2 heterocycles. The maximum atomic E-state index is 12.4. The maximum absolute atomic E-state index is 12.4. The van der Waals surface area contributed by atoms with Crippen molar-refractivity contribution < 1.29 is 9.72 Å². The van der Waals surface area contributed by atoms with Crippen LogP contribution < -0.4 is 16.0 Å². The Labute approximate surface area is 135 Å². The number of carbonyl (C=O) groups excluding carboxylic acids is 1. The van der Waals surface area contributed by atoms with E-state index in [1.54, 1.807) is 14.0 Å². The third kappa shape index (κ3) is 3.98. The molecule has 0 aromatic carbocycles. The van der Waals surface area contributed by atoms with Crippen molar-refractivity contribution in [3.63, 3.8) is 0 Å². The van der Waals surface area contributed by atoms with Crippen LogP contribution in [0.15, 0.2) is 0 Å². The van der Waals surface area contributed by atoms with Gasteiger partial charge in [-0.15, -0.1) is 0 Å². The van der Waals surface area contributed by atoms with Crippen LogP contribution in [0.4, 0.5) is 11.5 Å². The standard InChI is InChI=1S/C14H24N6O3/c1-4-11(14(21)16-10-6-5-7-15-8-10)17-13-12(20(22)23)9(2)18-19(13)3/h10-11,15,17H,4-8H2,1-3H3,(H,16,21)/t10-,11?/m0/s1. The molecule has 3 N–H and O–H groups in total. The molecular weight excluding hydrogens is 300 g/mol. The van der Waals surface area contributed by atoms with Gasteiger partial charge in [0.1, 0.15) is 11.7 Å². The minimum atomic E-state index is -0.537. The molecule has 1 aromatic heterocycles. The summed E-state index contributed by atoms with van der Waals surface area (Å²) in [5.74, 6) is 0.116. The van der Waals surface area contributed by atoms with Gasteiger partial charge >= 0.3 is 5.69 Å². The van der Waals surface area contributed by atoms with Gasteiger partial charge in [0, 0.05) is 19.6 Å². The Morgan fingerprint density at radius 1 is 1.61 bits per heavy atom. The first-order chi connectivity index (χ1) is 10.9. The van der Waals surface area contributed by atoms with E-state index in [0.29, 0.717) is 12.1 Å². The Balaban J connectivity index is 2.10. The van der Waals surface area contributed by atoms with E-state index in [1.165, 1.54) is 4.68 Å². The van der Waals surface area contributed by atoms with Crippen LogP contribution in [0, 0.1) is 17.0 Å². The number of aromatic nitrogens is 2. The molecule has 9 heteroatoms. The number of carbonyl (C=O) groups is 1. The van der Waals surface area contributed by atoms with Crippen molar-refractivity contribution >= 4 is 17.4 Å². The van der Waals surface area contributed by atoms with Gasteiger partial charge in [0.15, 0.2) is 0 Å². The summed E-state index contributed by atoms with van der Waals surface area (Å²) in [6.45, 7) is 5.18. The molecular formula is C14H24N6O3. The summed E-state index contributed by atoms with van der Waals surface area (Å²) < 4.78 is 1.41. The Morgan fingerprint density at radius 2 is 2.35 bits per heavy atom. The summed E-state index contributed by atoms with van der Waals surface area (Å²) >= 11 is 0. The first-order valence-corrected chi connectivity index (χ1v) is 7.89. The van der Waals surface area contributed by atoms with Crippen molar-refractivity contribution in [1.82, 2.24) is 20.4 Å². The van der Waals surface area contributed by atoms with Gasteiger partial charge in [-0.1, -0.05) is 6.92 Å². The lowest BCUT2D eigenvalue weighted by Gasteiger charge is -2.26. The lowest BCUT2D eigenvalue weighted by molar-refractivity contribution is -0.384. The number of hydrogen-bond acceptors (Lipinski definition) is 6. The molecule has 1 saturated heterocycles. The van der Waals surface area contributed by atoms with Gasteiger partial charge in [-0.25, -0.2) is 4.68 Å². The molecule has 23 heavy (non-hydrogen) atoms. The third-order valence-corrected chi connectivity index (χ3v) is 4.05. The molecule has 1 aliphatic heterocycles. The molecule has 1 fully saturated rings. The lowest BCUT2D eigenvalue weighted by atomic mass is 10.1. The van der Waals surface area contributed by atoms with Crippen molar-refractivity contribution in [3.8, 4) is 0 Å². The van der Waals surface area contributed by atoms with Crippen LogP contribution >= 0.6 is 0 Å². The number of rotatable bonds is 6. The van der Waals surface area contributed by atoms with Crippen LogP contribution in [-0.4, -0.2) is 45.8 Å². The van der Waals surface area contributed by atoms with E-state index in [-0.39, 0.29) is 23.5 Å². The minimum Gasteiger partial charge on any atom is -0.353 e. The monoisotopic (exact) mass is 324 g/mol. The van der Waals surface area contributed by atoms with Crippen molar-refractivity contribution in [3.05, 3.63) is 15.8 Å². The van der Waals surface area contributed by atoms with Crippen molar-refractivity contribution in [2.24, 2.45) is 7.05 Å². The predicted molar refractivity (Wildman–Crippen MR) is 86.3 cm³/mol. The van der Waals surface area contributed by atoms with Gasteiger partial charge < -0.3 is 16.0 Å². The highest BCUT2D eigenvalue weighted by Gasteiger charge is 2.28. The maximum Gasteiger partial charge on any atom is 0.333 e. The molecule has 0 radical (unpaired) electrons. The Bertz CT molecular complexity index is 579. The van der Waals surface area contributed by atoms with Crippen LogP contribution in [0.2, 0.25) is 0 Å². The summed E-state index contributed by atoms with van der Waals surface area (Å²) in [5.41, 5.74) is 0.241. The third-order valence-electron chi connectivity index (χ3n) is 4.05. The Morgan fingerprint density at radius 3 is 2.91 bits per heavy atom. The van der Waals surface area contributed by atoms with Gasteiger partial charge in [0.05, 0.1) is 4.92 Å². The van der Waals surface area contributed by atoms with Crippen LogP contribution in [-0.2, 0) is 11.8 Å². The smallest absolute Gasteiger partial charge is 0.333 e. The van der Waals surface area contributed by atoms with Crippen LogP contribution in [0.1, 0.15) is 31.9 Å². The van der Waals surface area contributed by atoms with Gasteiger partial charge in [-0.05, 0) is 32.7 Å². The second-order valence-corrected chi connectivity index (χ2v) is 5.82. The Hall–Kier alpha value is -2.16. The first-order valence-electron chi connectivity index (χ1n) is 7.89. The summed E-state index contributed by atoms with van der Waals surface area (Å²) in [7, 11) is 1.62. The topological polar surface area (TPSA) is 114 Å². The second-order valence-electron chi connectivity index (χ2n) is 5.82. The Kier molecular flexibility index (Phi) is 5.54. The number of anilines is 1. The van der Waals surface area contributed by atoms with E-state index >= 15 is 0 Å². The second kappa shape index (κ2) is 7.40. The molecule has 0 bridgehead atoms. The van der Waals surface area contributed by atoms with Gasteiger partial charge in [0.2, 0.25) is 11.7 Å². The van der Waals surface area contributed by atoms with E-state index in [2.05, 4.69) is 21.0 Å². The molecule has 0 aliphatic carbocycles. The summed E-state index contributed by atoms with van der Waals surface area (Å²) in [5, 5.41) is 24.5. The van der Waals surface area contributed by atoms with Gasteiger partial charge in [-0.3, -0.25) is 14.9 Å². The zero-order chi connectivity index (χ0) is 17.0. The zero-order valence-corrected chi connectivity index (χ0v) is 13.8. The van der Waals surface area contributed by atoms with E-state index in [4.69, 9.17) is 0 Å². The molecule has 2 rings (SSSR count). The van der Waals surface area contributed by atoms with Crippen LogP contribution in [0.3, 0.4) is 0 Å². The average Bonchev–Trinajstić information content (AvgIpc) is 2.79. The molecule has 0 spiro atoms. The lowest BCUT2D eigenvalue weighted by Crippen LogP contribution is -2.50. The molecule has 1 amide bonds. The van der Waals surface area contributed by atoms with E-state index in [1.807, 2.05) is 6.92 Å². The summed E-state index contributed by atoms with van der Waals surface area (Å²) in [4.78, 5) is 23.2. The quantitative estimate of drug-likeness (QED) is 0.524. The summed E-state index contributed by atoms with van der Waals surface area (Å²) in [6.07, 6.45) is 2.50. The molecule has 1 unspecified atom stereocenters. The number of amides is 1. The highest BCUT2D eigenvalue weighted by atomic mass is 16.6. The number of nitrogens with zero attached hydrogens (tertiary/aromatic N) is 3. The molecule has 9 nitrogen and oxygen atoms in total. The van der Waals surface area contributed by atoms with Crippen molar-refractivity contribution in [2.45, 2.75) is 45.2 Å². The number of nitrogens with one attached hydrogen (secondary N) is 3. The predicted octanol–water partition coefficient (Wildman–Crippen LogP) is 0.695. The van der Waals surface area contributed by atoms with E-state index in [9.17, 15) is 14.9 Å². The molecule has 1 aliphatic rings. The fourth-order valence-electron chi connectivity index (χ4n) is 2.82. The average molecular weight is 324 g/mol. The first kappa shape index (κ1) is 17.2. The largest absolute Gasteiger partial charge is 0.353 e. The highest BCUT2D eigenvalue weighted by molar-refractivity contribution is 5.85. The molecule has 128 valence electrons. The van der Waals surface area contributed by atoms with Crippen LogP contribution in [0.25, 0.3) is 0 Å². The molecule has 0 saturated carbocycles. The molecule has 1 aromatic rings. The van der Waals surface area contributed by atoms with Crippen molar-refractivity contribution in [1.29, 1.82) is 0 Å². The normalized spacial score (nSPS) is 19.2. The fourth-order valence-corrected chi connectivity index (χ4v) is 2.82. The van der Waals surface area contributed by atoms with Gasteiger partial charge in [-0.2, -0.15) is 5.10 Å². The summed E-state index contributed by atoms with van der Waals surface area (Å²) in [6, 6.07) is -0.430. The van der Waals surface area contributed by atoms with E-state index < -0.39 is 11.0 Å². The minimum absolute atomic E-state index is 0.0851. The van der Waals surface area contributed by atoms with Gasteiger partial charge in [0.25, 0.3) is 0 Å². The van der Waals surface area contributed by atoms with E-state index in [0.717, 1.165) is 25.9 Å². The number of hydrogen-bond donors (Lipinski definition) is 3.